The zero-order valence-corrected chi connectivity index (χ0v) is 18.0. The summed E-state index contributed by atoms with van der Waals surface area (Å²) in [6.07, 6.45) is 1.35. The molecule has 0 fully saturated rings. The van der Waals surface area contributed by atoms with Gasteiger partial charge in [0.15, 0.2) is 0 Å². The van der Waals surface area contributed by atoms with Gasteiger partial charge in [-0.2, -0.15) is 0 Å². The van der Waals surface area contributed by atoms with E-state index in [1.165, 1.54) is 6.08 Å². The van der Waals surface area contributed by atoms with Gasteiger partial charge in [-0.25, -0.2) is 18.0 Å². The third-order valence-corrected chi connectivity index (χ3v) is 3.44. The summed E-state index contributed by atoms with van der Waals surface area (Å²) in [6.45, 7) is 13.4. The number of carbonyl (C=O) groups excluding carboxylic acids is 2. The smallest absolute Gasteiger partial charge is 0.338 e. The van der Waals surface area contributed by atoms with E-state index in [0.29, 0.717) is 22.6 Å². The summed E-state index contributed by atoms with van der Waals surface area (Å²) in [7, 11) is -2.22. The van der Waals surface area contributed by atoms with Gasteiger partial charge in [0, 0.05) is 11.1 Å². The van der Waals surface area contributed by atoms with Crippen molar-refractivity contribution < 1.29 is 27.5 Å². The van der Waals surface area contributed by atoms with Crippen LogP contribution in [0, 0.1) is 0 Å². The van der Waals surface area contributed by atoms with Crippen LogP contribution in [0.3, 0.4) is 0 Å². The minimum absolute atomic E-state index is 0.0926. The van der Waals surface area contributed by atoms with Gasteiger partial charge in [0.05, 0.1) is 5.75 Å². The van der Waals surface area contributed by atoms with Gasteiger partial charge in [0.25, 0.3) is 0 Å². The summed E-state index contributed by atoms with van der Waals surface area (Å²) in [6, 6.07) is 17.8. The second kappa shape index (κ2) is 15.5. The molecule has 0 radical (unpaired) electrons. The summed E-state index contributed by atoms with van der Waals surface area (Å²) in [5.74, 6) is 0.411. The average Bonchev–Trinajstić information content (AvgIpc) is 2.70. The Balaban J connectivity index is 0.000000447. The Morgan fingerprint density at radius 2 is 1.13 bits per heavy atom. The molecule has 2 rings (SSSR count). The predicted molar refractivity (Wildman–Crippen MR) is 119 cm³/mol. The highest BCUT2D eigenvalue weighted by molar-refractivity contribution is 7.72. The number of para-hydroxylation sites is 2. The fourth-order valence-corrected chi connectivity index (χ4v) is 1.68. The second-order valence-corrected chi connectivity index (χ2v) is 6.80. The summed E-state index contributed by atoms with van der Waals surface area (Å²) in [5, 5.41) is 0. The van der Waals surface area contributed by atoms with Crippen LogP contribution in [-0.4, -0.2) is 26.1 Å². The maximum atomic E-state index is 11.0. The van der Waals surface area contributed by atoms with Crippen LogP contribution in [0.5, 0.6) is 11.5 Å². The molecule has 30 heavy (non-hydrogen) atoms. The van der Waals surface area contributed by atoms with E-state index >= 15 is 0 Å². The van der Waals surface area contributed by atoms with Crippen LogP contribution in [0.1, 0.15) is 13.8 Å². The molecule has 0 N–H and O–H groups in total. The van der Waals surface area contributed by atoms with Crippen LogP contribution < -0.4 is 9.47 Å². The number of rotatable bonds is 6. The van der Waals surface area contributed by atoms with E-state index in [-0.39, 0.29) is 17.7 Å². The normalized spacial score (nSPS) is 9.03. The number of ether oxygens (including phenoxy) is 2. The van der Waals surface area contributed by atoms with E-state index in [2.05, 4.69) is 19.7 Å². The number of carbonyl (C=O) groups is 2. The first-order valence-corrected chi connectivity index (χ1v) is 10.1. The Kier molecular flexibility index (Phi) is 13.7. The van der Waals surface area contributed by atoms with Gasteiger partial charge in [-0.3, -0.25) is 0 Å². The third kappa shape index (κ3) is 13.7. The van der Waals surface area contributed by atoms with Crippen molar-refractivity contribution in [3.63, 3.8) is 0 Å². The highest BCUT2D eigenvalue weighted by Crippen LogP contribution is 2.10. The molecule has 6 nitrogen and oxygen atoms in total. The molecule has 0 aromatic heterocycles. The molecule has 0 saturated carbocycles. The minimum Gasteiger partial charge on any atom is -0.423 e. The molecule has 0 spiro atoms. The average molecular weight is 431 g/mol. The van der Waals surface area contributed by atoms with Gasteiger partial charge in [0.2, 0.25) is 0 Å². The summed E-state index contributed by atoms with van der Waals surface area (Å²) in [5.41, 5.74) is 0.803. The van der Waals surface area contributed by atoms with E-state index < -0.39 is 10.7 Å². The molecule has 0 aliphatic rings. The quantitative estimate of drug-likeness (QED) is 0.244. The summed E-state index contributed by atoms with van der Waals surface area (Å²) in [4.78, 5) is 22.0. The van der Waals surface area contributed by atoms with Crippen molar-refractivity contribution in [3.05, 3.63) is 97.6 Å². The van der Waals surface area contributed by atoms with Gasteiger partial charge in [-0.15, -0.1) is 6.58 Å². The number of hydrogen-bond donors (Lipinski definition) is 1. The van der Waals surface area contributed by atoms with Crippen LogP contribution in [0.15, 0.2) is 97.6 Å². The molecule has 160 valence electrons. The maximum absolute atomic E-state index is 11.0. The first-order chi connectivity index (χ1) is 14.2. The SMILES string of the molecule is C=C(C)C(=O)Oc1ccccc1.C=C(C)C(=O)Oc1ccccc1.C=CC[SH](=O)=O. The zero-order valence-electron chi connectivity index (χ0n) is 17.1. The molecule has 0 amide bonds. The fourth-order valence-electron chi connectivity index (χ4n) is 1.47. The van der Waals surface area contributed by atoms with Gasteiger partial charge in [0.1, 0.15) is 22.2 Å². The molecule has 0 aliphatic carbocycles. The first kappa shape index (κ1) is 26.6. The Bertz CT molecular complexity index is 844. The maximum Gasteiger partial charge on any atom is 0.338 e. The van der Waals surface area contributed by atoms with Crippen LogP contribution >= 0.6 is 0 Å². The van der Waals surface area contributed by atoms with Crippen molar-refractivity contribution >= 4 is 22.6 Å². The largest absolute Gasteiger partial charge is 0.423 e. The van der Waals surface area contributed by atoms with Crippen molar-refractivity contribution in [2.24, 2.45) is 0 Å². The lowest BCUT2D eigenvalue weighted by atomic mass is 10.3. The van der Waals surface area contributed by atoms with Crippen molar-refractivity contribution in [1.82, 2.24) is 0 Å². The third-order valence-electron chi connectivity index (χ3n) is 2.88. The lowest BCUT2D eigenvalue weighted by Crippen LogP contribution is -2.07. The predicted octanol–water partition coefficient (Wildman–Crippen LogP) is 4.12. The molecular weight excluding hydrogens is 404 g/mol. The Morgan fingerprint density at radius 3 is 1.33 bits per heavy atom. The lowest BCUT2D eigenvalue weighted by Gasteiger charge is -2.01. The molecule has 7 heteroatoms. The Labute approximate surface area is 179 Å². The van der Waals surface area contributed by atoms with Crippen molar-refractivity contribution in [3.8, 4) is 11.5 Å². The molecule has 2 aromatic carbocycles. The molecule has 2 aromatic rings. The van der Waals surface area contributed by atoms with Crippen LogP contribution in [0.2, 0.25) is 0 Å². The monoisotopic (exact) mass is 430 g/mol. The summed E-state index contributed by atoms with van der Waals surface area (Å²) >= 11 is 0. The second-order valence-electron chi connectivity index (χ2n) is 5.77. The lowest BCUT2D eigenvalue weighted by molar-refractivity contribution is -0.130. The molecule has 0 unspecified atom stereocenters. The van der Waals surface area contributed by atoms with Crippen molar-refractivity contribution in [2.75, 3.05) is 5.75 Å². The highest BCUT2D eigenvalue weighted by Gasteiger charge is 2.04. The number of esters is 2. The molecule has 0 bridgehead atoms. The number of benzene rings is 2. The van der Waals surface area contributed by atoms with Gasteiger partial charge in [-0.05, 0) is 38.1 Å². The van der Waals surface area contributed by atoms with Gasteiger partial charge < -0.3 is 9.47 Å². The molecule has 0 aliphatic heterocycles. The van der Waals surface area contributed by atoms with E-state index in [1.807, 2.05) is 12.1 Å². The standard InChI is InChI=1S/2C10H10O2.C3H6O2S/c2*1-8(2)10(11)12-9-6-4-3-5-7-9;1-2-3-6(4)5/h2*3-7H,1H2,2H3;2,6H,1,3H2. The molecule has 0 heterocycles. The van der Waals surface area contributed by atoms with E-state index in [9.17, 15) is 18.0 Å². The van der Waals surface area contributed by atoms with Crippen LogP contribution in [0.25, 0.3) is 0 Å². The van der Waals surface area contributed by atoms with Crippen molar-refractivity contribution in [1.29, 1.82) is 0 Å². The van der Waals surface area contributed by atoms with Crippen molar-refractivity contribution in [2.45, 2.75) is 13.8 Å². The molecular formula is C23H26O6S. The summed E-state index contributed by atoms with van der Waals surface area (Å²) < 4.78 is 29.0. The molecule has 0 atom stereocenters. The van der Waals surface area contributed by atoms with E-state index in [0.717, 1.165) is 0 Å². The van der Waals surface area contributed by atoms with E-state index in [1.54, 1.807) is 62.4 Å². The van der Waals surface area contributed by atoms with Crippen LogP contribution in [-0.2, 0) is 20.3 Å². The minimum atomic E-state index is -2.22. The number of hydrogen-bond acceptors (Lipinski definition) is 6. The number of thiol groups is 1. The topological polar surface area (TPSA) is 86.7 Å². The Hall–Kier alpha value is -3.45. The van der Waals surface area contributed by atoms with Crippen LogP contribution in [0.4, 0.5) is 0 Å². The van der Waals surface area contributed by atoms with Gasteiger partial charge in [-0.1, -0.05) is 55.6 Å². The Morgan fingerprint density at radius 1 is 0.800 bits per heavy atom. The molecule has 0 saturated heterocycles. The van der Waals surface area contributed by atoms with Gasteiger partial charge >= 0.3 is 11.9 Å². The zero-order chi connectivity index (χ0) is 22.9. The fraction of sp³-hybridized carbons (Fsp3) is 0.130. The van der Waals surface area contributed by atoms with E-state index in [4.69, 9.17) is 9.47 Å². The highest BCUT2D eigenvalue weighted by atomic mass is 32.2. The first-order valence-electron chi connectivity index (χ1n) is 8.75.